The highest BCUT2D eigenvalue weighted by atomic mass is 16.5. The van der Waals surface area contributed by atoms with Crippen molar-refractivity contribution < 1.29 is 4.74 Å². The van der Waals surface area contributed by atoms with Crippen molar-refractivity contribution in [3.8, 4) is 5.75 Å². The highest BCUT2D eigenvalue weighted by molar-refractivity contribution is 5.50. The Balaban J connectivity index is 2.13. The molecular formula is C19H29NO. The van der Waals surface area contributed by atoms with Crippen molar-refractivity contribution in [2.45, 2.75) is 78.0 Å². The number of benzene rings is 1. The van der Waals surface area contributed by atoms with Crippen LogP contribution in [-0.2, 0) is 17.4 Å². The molecule has 0 N–H and O–H groups in total. The van der Waals surface area contributed by atoms with E-state index in [1.165, 1.54) is 41.8 Å². The highest BCUT2D eigenvalue weighted by Gasteiger charge is 2.35. The van der Waals surface area contributed by atoms with Crippen LogP contribution in [0.25, 0.3) is 0 Å². The molecule has 2 aliphatic rings. The van der Waals surface area contributed by atoms with Crippen LogP contribution in [0.3, 0.4) is 0 Å². The van der Waals surface area contributed by atoms with E-state index in [0.717, 1.165) is 6.54 Å². The van der Waals surface area contributed by atoms with E-state index in [0.29, 0.717) is 6.23 Å². The topological polar surface area (TPSA) is 12.5 Å². The van der Waals surface area contributed by atoms with Gasteiger partial charge in [-0.15, -0.1) is 0 Å². The van der Waals surface area contributed by atoms with E-state index in [2.05, 4.69) is 58.6 Å². The molecule has 0 aliphatic carbocycles. The Morgan fingerprint density at radius 1 is 1.05 bits per heavy atom. The zero-order chi connectivity index (χ0) is 15.4. The summed E-state index contributed by atoms with van der Waals surface area (Å²) in [7, 11) is 0. The molecule has 0 spiro atoms. The van der Waals surface area contributed by atoms with Crippen molar-refractivity contribution in [1.29, 1.82) is 0 Å². The summed E-state index contributed by atoms with van der Waals surface area (Å²) in [4.78, 5) is 2.49. The minimum absolute atomic E-state index is 0.117. The molecule has 2 nitrogen and oxygen atoms in total. The van der Waals surface area contributed by atoms with Crippen LogP contribution in [0, 0.1) is 0 Å². The molecule has 0 amide bonds. The third-order valence-electron chi connectivity index (χ3n) is 4.77. The molecule has 21 heavy (non-hydrogen) atoms. The first kappa shape index (κ1) is 14.9. The molecule has 1 unspecified atom stereocenters. The maximum absolute atomic E-state index is 6.41. The van der Waals surface area contributed by atoms with Gasteiger partial charge < -0.3 is 4.74 Å². The van der Waals surface area contributed by atoms with Gasteiger partial charge in [0.05, 0.1) is 0 Å². The molecule has 1 atom stereocenters. The number of nitrogens with zero attached hydrogens (tertiary/aromatic N) is 1. The molecule has 1 aromatic rings. The molecule has 0 bridgehead atoms. The normalized spacial score (nSPS) is 22.7. The van der Waals surface area contributed by atoms with Gasteiger partial charge in [-0.25, -0.2) is 0 Å². The van der Waals surface area contributed by atoms with Gasteiger partial charge in [0, 0.05) is 24.2 Å². The number of hydrogen-bond donors (Lipinski definition) is 0. The van der Waals surface area contributed by atoms with Gasteiger partial charge in [0.25, 0.3) is 0 Å². The summed E-state index contributed by atoms with van der Waals surface area (Å²) in [6.07, 6.45) is 2.73. The van der Waals surface area contributed by atoms with Gasteiger partial charge in [-0.1, -0.05) is 53.7 Å². The molecule has 1 fully saturated rings. The summed E-state index contributed by atoms with van der Waals surface area (Å²) in [6, 6.07) is 4.75. The maximum atomic E-state index is 6.41. The molecule has 3 rings (SSSR count). The summed E-state index contributed by atoms with van der Waals surface area (Å²) in [6.45, 7) is 16.0. The average Bonchev–Trinajstić information content (AvgIpc) is 2.79. The lowest BCUT2D eigenvalue weighted by Crippen LogP contribution is -2.38. The van der Waals surface area contributed by atoms with E-state index in [-0.39, 0.29) is 10.8 Å². The van der Waals surface area contributed by atoms with Crippen molar-refractivity contribution in [1.82, 2.24) is 4.90 Å². The monoisotopic (exact) mass is 287 g/mol. The molecule has 2 heteroatoms. The second-order valence-corrected chi connectivity index (χ2v) is 8.70. The zero-order valence-corrected chi connectivity index (χ0v) is 14.4. The summed E-state index contributed by atoms with van der Waals surface area (Å²) in [5.41, 5.74) is 4.47. The van der Waals surface area contributed by atoms with Crippen LogP contribution in [0.2, 0.25) is 0 Å². The fraction of sp³-hybridized carbons (Fsp3) is 0.684. The lowest BCUT2D eigenvalue weighted by molar-refractivity contribution is 0.0321. The highest BCUT2D eigenvalue weighted by Crippen LogP contribution is 2.43. The Morgan fingerprint density at radius 2 is 1.76 bits per heavy atom. The summed E-state index contributed by atoms with van der Waals surface area (Å²) in [5, 5.41) is 0. The largest absolute Gasteiger partial charge is 0.474 e. The van der Waals surface area contributed by atoms with Crippen LogP contribution in [-0.4, -0.2) is 17.7 Å². The molecule has 116 valence electrons. The van der Waals surface area contributed by atoms with Gasteiger partial charge in [-0.05, 0) is 29.2 Å². The van der Waals surface area contributed by atoms with Gasteiger partial charge in [-0.3, -0.25) is 4.90 Å². The minimum atomic E-state index is 0.117. The van der Waals surface area contributed by atoms with Crippen molar-refractivity contribution in [3.63, 3.8) is 0 Å². The standard InChI is InChI=1S/C19H29NO/c1-18(2,3)14-10-13-12-20-9-7-8-16(20)21-17(13)15(11-14)19(4,5)6/h10-11,16H,7-9,12H2,1-6H3. The number of rotatable bonds is 0. The van der Waals surface area contributed by atoms with Gasteiger partial charge in [0.1, 0.15) is 5.75 Å². The summed E-state index contributed by atoms with van der Waals surface area (Å²) >= 11 is 0. The first-order valence-electron chi connectivity index (χ1n) is 8.25. The lowest BCUT2D eigenvalue weighted by Gasteiger charge is -2.37. The fourth-order valence-corrected chi connectivity index (χ4v) is 3.40. The quantitative estimate of drug-likeness (QED) is 0.691. The van der Waals surface area contributed by atoms with Crippen LogP contribution in [0.15, 0.2) is 12.1 Å². The van der Waals surface area contributed by atoms with E-state index in [4.69, 9.17) is 4.74 Å². The van der Waals surface area contributed by atoms with Crippen LogP contribution in [0.5, 0.6) is 5.75 Å². The molecule has 0 saturated carbocycles. The molecule has 1 saturated heterocycles. The Hall–Kier alpha value is -1.02. The fourth-order valence-electron chi connectivity index (χ4n) is 3.40. The Morgan fingerprint density at radius 3 is 2.38 bits per heavy atom. The zero-order valence-electron chi connectivity index (χ0n) is 14.4. The molecule has 0 aromatic heterocycles. The van der Waals surface area contributed by atoms with Crippen LogP contribution in [0.1, 0.15) is 71.1 Å². The third kappa shape index (κ3) is 2.70. The SMILES string of the molecule is CC(C)(C)c1cc2c(c(C(C)(C)C)c1)OC1CCCN1C2. The van der Waals surface area contributed by atoms with Crippen molar-refractivity contribution in [3.05, 3.63) is 28.8 Å². The van der Waals surface area contributed by atoms with Crippen molar-refractivity contribution >= 4 is 0 Å². The average molecular weight is 287 g/mol. The predicted octanol–water partition coefficient (Wildman–Crippen LogP) is 4.60. The third-order valence-corrected chi connectivity index (χ3v) is 4.77. The molecule has 1 aromatic carbocycles. The van der Waals surface area contributed by atoms with Gasteiger partial charge in [0.15, 0.2) is 6.23 Å². The molecule has 0 radical (unpaired) electrons. The van der Waals surface area contributed by atoms with Crippen LogP contribution in [0.4, 0.5) is 0 Å². The Bertz CT molecular complexity index is 548. The molecule has 2 heterocycles. The second kappa shape index (κ2) is 4.74. The predicted molar refractivity (Wildman–Crippen MR) is 87.9 cm³/mol. The maximum Gasteiger partial charge on any atom is 0.153 e. The Labute approximate surface area is 129 Å². The second-order valence-electron chi connectivity index (χ2n) is 8.70. The number of hydrogen-bond acceptors (Lipinski definition) is 2. The number of fused-ring (bicyclic) bond motifs is 2. The van der Waals surface area contributed by atoms with Gasteiger partial charge in [-0.2, -0.15) is 0 Å². The first-order valence-corrected chi connectivity index (χ1v) is 8.25. The summed E-state index contributed by atoms with van der Waals surface area (Å²) < 4.78 is 6.41. The van der Waals surface area contributed by atoms with E-state index in [1.807, 2.05) is 0 Å². The van der Waals surface area contributed by atoms with Crippen LogP contribution < -0.4 is 4.74 Å². The van der Waals surface area contributed by atoms with E-state index in [1.54, 1.807) is 0 Å². The smallest absolute Gasteiger partial charge is 0.153 e. The summed E-state index contributed by atoms with van der Waals surface area (Å²) in [5.74, 6) is 1.17. The van der Waals surface area contributed by atoms with Gasteiger partial charge >= 0.3 is 0 Å². The van der Waals surface area contributed by atoms with Crippen LogP contribution >= 0.6 is 0 Å². The first-order chi connectivity index (χ1) is 9.66. The Kier molecular flexibility index (Phi) is 3.36. The van der Waals surface area contributed by atoms with E-state index in [9.17, 15) is 0 Å². The molecular weight excluding hydrogens is 258 g/mol. The number of ether oxygens (including phenoxy) is 1. The molecule has 2 aliphatic heterocycles. The van der Waals surface area contributed by atoms with Crippen molar-refractivity contribution in [2.24, 2.45) is 0 Å². The van der Waals surface area contributed by atoms with Gasteiger partial charge in [0.2, 0.25) is 0 Å². The van der Waals surface area contributed by atoms with Crippen molar-refractivity contribution in [2.75, 3.05) is 6.54 Å². The lowest BCUT2D eigenvalue weighted by atomic mass is 9.78. The minimum Gasteiger partial charge on any atom is -0.474 e. The van der Waals surface area contributed by atoms with E-state index < -0.39 is 0 Å². The van der Waals surface area contributed by atoms with E-state index >= 15 is 0 Å².